The summed E-state index contributed by atoms with van der Waals surface area (Å²) < 4.78 is 71.6. The number of rotatable bonds is 20. The van der Waals surface area contributed by atoms with Gasteiger partial charge in [-0.2, -0.15) is 4.72 Å². The molecule has 2 saturated heterocycles. The van der Waals surface area contributed by atoms with Crippen molar-refractivity contribution < 1.29 is 45.4 Å². The number of methoxy groups -OCH3 is 2. The van der Waals surface area contributed by atoms with Crippen molar-refractivity contribution in [2.45, 2.75) is 172 Å². The maximum atomic E-state index is 13.3. The fourth-order valence-corrected chi connectivity index (χ4v) is 13.3. The van der Waals surface area contributed by atoms with Gasteiger partial charge in [-0.05, 0) is 178 Å². The molecule has 94 heavy (non-hydrogen) atoms. The predicted molar refractivity (Wildman–Crippen MR) is 370 cm³/mol. The third-order valence-electron chi connectivity index (χ3n) is 16.2. The Bertz CT molecular complexity index is 3710. The topological polar surface area (TPSA) is 309 Å². The van der Waals surface area contributed by atoms with Gasteiger partial charge in [0.1, 0.15) is 82.3 Å². The second-order valence-electron chi connectivity index (χ2n) is 25.2. The maximum Gasteiger partial charge on any atom is 0.326 e. The quantitative estimate of drug-likeness (QED) is 0.0306. The van der Waals surface area contributed by atoms with E-state index < -0.39 is 54.3 Å². The van der Waals surface area contributed by atoms with Crippen molar-refractivity contribution in [3.8, 4) is 11.5 Å². The minimum Gasteiger partial charge on any atom is -0.497 e. The van der Waals surface area contributed by atoms with Crippen molar-refractivity contribution in [3.63, 3.8) is 0 Å². The molecule has 2 atom stereocenters. The number of nitrogens with two attached hydrogens (primary N) is 1. The number of ether oxygens (including phenoxy) is 4. The standard InChI is InChI=1S/C33H45N7O5S.C26H39N7O2.C7H7ClO3S.CH4/c1-6-26-30(35-20-28(32(41)45-33(2,3)4)39-46(42,43)25-12-10-24(44-5)11-13-25)36-21-37-31(26)40-18-15-22(16-19-40)27-14-9-23-8-7-17-34-29(23)38-27;1-5-19-23(29-15-20(27)25(34)35-26(2,3)4)30-16-31-24(19)33-13-10-17(11-14-33)21-9-8-18-7-6-12-28-22(18)32-21;1-11-6-2-4-7(5-3-6)12(8,9)10;/h9-14,21-22,28,39H,6-8,15-20H2,1-5H3,(H,34,38)(H,35,36,37);8-9,16-17,20H,5-7,10-15,27H2,1-4H3,(H,28,32)(H,29,30,31);2-5H,1H3;1H4/t28-;20-;;/m00../s1. The first-order valence-electron chi connectivity index (χ1n) is 31.8. The molecular weight excluding hydrogens is 1260 g/mol. The van der Waals surface area contributed by atoms with Crippen LogP contribution in [0.4, 0.5) is 34.9 Å². The van der Waals surface area contributed by atoms with Gasteiger partial charge >= 0.3 is 11.9 Å². The van der Waals surface area contributed by atoms with Crippen LogP contribution in [-0.2, 0) is 63.8 Å². The summed E-state index contributed by atoms with van der Waals surface area (Å²) in [7, 11) is 0.421. The van der Waals surface area contributed by atoms with E-state index in [9.17, 15) is 26.4 Å². The zero-order chi connectivity index (χ0) is 67.1. The average Bonchev–Trinajstić information content (AvgIpc) is 0.822. The molecule has 24 nitrogen and oxygen atoms in total. The molecule has 8 heterocycles. The van der Waals surface area contributed by atoms with E-state index in [1.165, 1.54) is 80.2 Å². The number of piperidine rings is 2. The van der Waals surface area contributed by atoms with Gasteiger partial charge in [0.15, 0.2) is 0 Å². The highest BCUT2D eigenvalue weighted by atomic mass is 35.7. The summed E-state index contributed by atoms with van der Waals surface area (Å²) in [6.45, 7) is 20.5. The summed E-state index contributed by atoms with van der Waals surface area (Å²) in [5.41, 5.74) is 11.6. The van der Waals surface area contributed by atoms with Crippen molar-refractivity contribution in [2.24, 2.45) is 5.73 Å². The van der Waals surface area contributed by atoms with E-state index in [2.05, 4.69) is 86.9 Å². The molecule has 0 amide bonds. The van der Waals surface area contributed by atoms with Crippen LogP contribution in [0.1, 0.15) is 147 Å². The molecule has 7 N–H and O–H groups in total. The molecular formula is C67H95ClN14O10S2. The molecule has 0 aliphatic carbocycles. The smallest absolute Gasteiger partial charge is 0.326 e. The molecule has 0 radical (unpaired) electrons. The molecule has 0 saturated carbocycles. The van der Waals surface area contributed by atoms with E-state index in [4.69, 9.17) is 45.3 Å². The number of carbonyl (C=O) groups excluding carboxylic acids is 2. The first kappa shape index (κ1) is 73.8. The molecule has 4 aliphatic rings. The van der Waals surface area contributed by atoms with Crippen molar-refractivity contribution in [3.05, 3.63) is 119 Å². The minimum absolute atomic E-state index is 0. The number of nitrogens with one attached hydrogen (secondary N) is 5. The number of esters is 2. The van der Waals surface area contributed by atoms with Crippen LogP contribution in [0.2, 0.25) is 0 Å². The Kier molecular flexibility index (Phi) is 26.0. The summed E-state index contributed by atoms with van der Waals surface area (Å²) in [5, 5.41) is 13.4. The van der Waals surface area contributed by atoms with E-state index >= 15 is 0 Å². The Balaban J connectivity index is 0.000000229. The number of carbonyl (C=O) groups is 2. The Morgan fingerprint density at radius 2 is 1.03 bits per heavy atom. The molecule has 27 heteroatoms. The number of nitrogens with zero attached hydrogens (tertiary/aromatic N) is 8. The van der Waals surface area contributed by atoms with Gasteiger partial charge in [-0.15, -0.1) is 0 Å². The summed E-state index contributed by atoms with van der Waals surface area (Å²) in [4.78, 5) is 58.3. The summed E-state index contributed by atoms with van der Waals surface area (Å²) in [6.07, 6.45) is 13.0. The lowest BCUT2D eigenvalue weighted by atomic mass is 9.92. The Morgan fingerprint density at radius 3 is 1.44 bits per heavy atom. The molecule has 0 spiro atoms. The largest absolute Gasteiger partial charge is 0.497 e. The number of halogens is 1. The second kappa shape index (κ2) is 33.1. The molecule has 0 bridgehead atoms. The zero-order valence-corrected chi connectivity index (χ0v) is 57.4. The van der Waals surface area contributed by atoms with E-state index in [1.807, 2.05) is 27.7 Å². The van der Waals surface area contributed by atoms with Crippen LogP contribution in [0.25, 0.3) is 0 Å². The van der Waals surface area contributed by atoms with Gasteiger partial charge < -0.3 is 55.7 Å². The maximum absolute atomic E-state index is 13.3. The summed E-state index contributed by atoms with van der Waals surface area (Å²) in [5.74, 6) is 5.99. The molecule has 10 rings (SSSR count). The van der Waals surface area contributed by atoms with Crippen molar-refractivity contribution >= 4 is 76.6 Å². The number of anilines is 6. The van der Waals surface area contributed by atoms with Crippen LogP contribution in [0.3, 0.4) is 0 Å². The van der Waals surface area contributed by atoms with E-state index in [0.29, 0.717) is 35.6 Å². The van der Waals surface area contributed by atoms with Crippen LogP contribution in [0.5, 0.6) is 11.5 Å². The SMILES string of the molecule is C.CCc1c(NC[C@H](N)C(=O)OC(C)(C)C)ncnc1N1CCC(c2ccc3c(n2)NCCC3)CC1.CCc1c(NC[C@H](NS(=O)(=O)c2ccc(OC)cc2)C(=O)OC(C)(C)C)ncnc1N1CCC(c2ccc3c(n2)NCCC3)CC1.COc1ccc(S(=O)(=O)Cl)cc1. The van der Waals surface area contributed by atoms with E-state index in [-0.39, 0.29) is 30.3 Å². The number of hydrogen-bond acceptors (Lipinski definition) is 23. The lowest BCUT2D eigenvalue weighted by Gasteiger charge is -2.34. The van der Waals surface area contributed by atoms with Crippen LogP contribution < -0.4 is 51.0 Å². The monoisotopic (exact) mass is 1350 g/mol. The number of hydrogen-bond donors (Lipinski definition) is 6. The first-order chi connectivity index (χ1) is 44.3. The highest BCUT2D eigenvalue weighted by Crippen LogP contribution is 2.36. The van der Waals surface area contributed by atoms with Crippen LogP contribution >= 0.6 is 10.7 Å². The molecule has 2 aromatic carbocycles. The number of aromatic nitrogens is 6. The Hall–Kier alpha value is -7.65. The van der Waals surface area contributed by atoms with Gasteiger partial charge in [0.2, 0.25) is 10.0 Å². The highest BCUT2D eigenvalue weighted by molar-refractivity contribution is 8.13. The molecule has 2 fully saturated rings. The summed E-state index contributed by atoms with van der Waals surface area (Å²) >= 11 is 0. The highest BCUT2D eigenvalue weighted by Gasteiger charge is 2.33. The Labute approximate surface area is 559 Å². The molecule has 6 aromatic rings. The molecule has 0 unspecified atom stereocenters. The van der Waals surface area contributed by atoms with E-state index in [0.717, 1.165) is 137 Å². The van der Waals surface area contributed by atoms with E-state index in [1.54, 1.807) is 39.2 Å². The third kappa shape index (κ3) is 20.4. The van der Waals surface area contributed by atoms with Gasteiger partial charge in [0.25, 0.3) is 9.05 Å². The van der Waals surface area contributed by atoms with Crippen LogP contribution in [0.15, 0.2) is 95.2 Å². The fourth-order valence-electron chi connectivity index (χ4n) is 11.4. The van der Waals surface area contributed by atoms with Crippen molar-refractivity contribution in [1.82, 2.24) is 34.6 Å². The number of benzene rings is 2. The number of sulfonamides is 1. The lowest BCUT2D eigenvalue weighted by molar-refractivity contribution is -0.157. The predicted octanol–water partition coefficient (Wildman–Crippen LogP) is 9.80. The molecule has 4 aliphatic heterocycles. The van der Waals surface area contributed by atoms with Gasteiger partial charge in [0.05, 0.1) is 24.0 Å². The normalized spacial score (nSPS) is 15.8. The van der Waals surface area contributed by atoms with Crippen molar-refractivity contribution in [2.75, 3.05) is 97.6 Å². The van der Waals surface area contributed by atoms with Gasteiger partial charge in [-0.3, -0.25) is 9.59 Å². The van der Waals surface area contributed by atoms with Crippen LogP contribution in [-0.4, -0.2) is 149 Å². The molecule has 4 aromatic heterocycles. The zero-order valence-electron chi connectivity index (χ0n) is 55.1. The fraction of sp³-hybridized carbons (Fsp3) is 0.522. The van der Waals surface area contributed by atoms with Gasteiger partial charge in [0, 0.05) is 97.4 Å². The number of fused-ring (bicyclic) bond motifs is 2. The minimum atomic E-state index is -4.06. The second-order valence-corrected chi connectivity index (χ2v) is 29.5. The lowest BCUT2D eigenvalue weighted by Crippen LogP contribution is -2.48. The average molecular weight is 1360 g/mol. The van der Waals surface area contributed by atoms with Crippen molar-refractivity contribution in [1.29, 1.82) is 0 Å². The molecule has 512 valence electrons. The van der Waals surface area contributed by atoms with Gasteiger partial charge in [-0.1, -0.05) is 33.4 Å². The number of pyridine rings is 2. The summed E-state index contributed by atoms with van der Waals surface area (Å²) in [6, 6.07) is 18.7. The third-order valence-corrected chi connectivity index (χ3v) is 19.0. The van der Waals surface area contributed by atoms with Gasteiger partial charge in [-0.25, -0.2) is 46.7 Å². The number of aryl methyl sites for hydroxylation is 2. The first-order valence-corrected chi connectivity index (χ1v) is 35.6. The van der Waals surface area contributed by atoms with Crippen LogP contribution in [0, 0.1) is 0 Å². The Morgan fingerprint density at radius 1 is 0.617 bits per heavy atom.